The largest absolute Gasteiger partial charge is 0.347 e. The van der Waals surface area contributed by atoms with Crippen LogP contribution in [0.5, 0.6) is 0 Å². The first-order valence-corrected chi connectivity index (χ1v) is 10.4. The fourth-order valence-corrected chi connectivity index (χ4v) is 4.13. The zero-order valence-corrected chi connectivity index (χ0v) is 16.8. The number of rotatable bonds is 6. The lowest BCUT2D eigenvalue weighted by Crippen LogP contribution is -2.43. The molecule has 1 aliphatic rings. The van der Waals surface area contributed by atoms with Crippen LogP contribution in [0.1, 0.15) is 44.2 Å². The Bertz CT molecular complexity index is 1010. The number of carbonyl (C=O) groups is 2. The summed E-state index contributed by atoms with van der Waals surface area (Å²) in [5, 5.41) is 4.15. The summed E-state index contributed by atoms with van der Waals surface area (Å²) in [7, 11) is 0. The molecule has 1 unspecified atom stereocenters. The highest BCUT2D eigenvalue weighted by molar-refractivity contribution is 5.99. The molecule has 2 aromatic carbocycles. The van der Waals surface area contributed by atoms with Crippen molar-refractivity contribution in [2.75, 3.05) is 11.9 Å². The van der Waals surface area contributed by atoms with Gasteiger partial charge in [0.2, 0.25) is 5.91 Å². The number of benzene rings is 2. The van der Waals surface area contributed by atoms with Gasteiger partial charge in [-0.25, -0.2) is 0 Å². The number of carbonyl (C=O) groups excluding carboxylic acids is 2. The van der Waals surface area contributed by atoms with Gasteiger partial charge in [-0.3, -0.25) is 9.59 Å². The van der Waals surface area contributed by atoms with Crippen LogP contribution in [-0.4, -0.2) is 27.8 Å². The maximum Gasteiger partial charge on any atom is 0.251 e. The van der Waals surface area contributed by atoms with Crippen LogP contribution in [0.4, 0.5) is 5.69 Å². The quantitative estimate of drug-likeness (QED) is 0.662. The SMILES string of the molecule is CCCn1ccc2cc(NC(=O)C(c3ccccc3)N3CCCCC3=O)ccc21. The van der Waals surface area contributed by atoms with E-state index in [0.29, 0.717) is 13.0 Å². The first kappa shape index (κ1) is 19.2. The number of likely N-dealkylation sites (tertiary alicyclic amines) is 1. The van der Waals surface area contributed by atoms with Gasteiger partial charge in [0.1, 0.15) is 6.04 Å². The number of anilines is 1. The van der Waals surface area contributed by atoms with E-state index in [-0.39, 0.29) is 11.8 Å². The molecule has 2 heterocycles. The predicted molar refractivity (Wildman–Crippen MR) is 116 cm³/mol. The molecule has 1 fully saturated rings. The number of nitrogens with zero attached hydrogens (tertiary/aromatic N) is 2. The van der Waals surface area contributed by atoms with Crippen LogP contribution < -0.4 is 5.32 Å². The van der Waals surface area contributed by atoms with Gasteiger partial charge in [-0.2, -0.15) is 0 Å². The average molecular weight is 389 g/mol. The van der Waals surface area contributed by atoms with Crippen LogP contribution in [0.25, 0.3) is 10.9 Å². The van der Waals surface area contributed by atoms with Gasteiger partial charge in [0.25, 0.3) is 5.91 Å². The molecule has 29 heavy (non-hydrogen) atoms. The highest BCUT2D eigenvalue weighted by atomic mass is 16.2. The normalized spacial score (nSPS) is 15.5. The minimum atomic E-state index is -0.607. The maximum atomic E-state index is 13.3. The molecule has 5 nitrogen and oxygen atoms in total. The van der Waals surface area contributed by atoms with Gasteiger partial charge in [0.15, 0.2) is 0 Å². The molecule has 3 aromatic rings. The molecule has 0 bridgehead atoms. The summed E-state index contributed by atoms with van der Waals surface area (Å²) in [5.41, 5.74) is 2.76. The molecule has 2 amide bonds. The Morgan fingerprint density at radius 3 is 2.69 bits per heavy atom. The first-order valence-electron chi connectivity index (χ1n) is 10.4. The predicted octanol–water partition coefficient (Wildman–Crippen LogP) is 4.74. The second-order valence-electron chi connectivity index (χ2n) is 7.63. The van der Waals surface area contributed by atoms with Crippen LogP contribution in [0.3, 0.4) is 0 Å². The Balaban J connectivity index is 1.61. The summed E-state index contributed by atoms with van der Waals surface area (Å²) < 4.78 is 2.22. The van der Waals surface area contributed by atoms with Crippen LogP contribution in [-0.2, 0) is 16.1 Å². The van der Waals surface area contributed by atoms with E-state index < -0.39 is 6.04 Å². The zero-order chi connectivity index (χ0) is 20.2. The lowest BCUT2D eigenvalue weighted by atomic mass is 10.0. The first-order chi connectivity index (χ1) is 14.2. The average Bonchev–Trinajstić information content (AvgIpc) is 3.13. The van der Waals surface area contributed by atoms with Crippen LogP contribution in [0, 0.1) is 0 Å². The maximum absolute atomic E-state index is 13.3. The molecule has 0 saturated carbocycles. The van der Waals surface area contributed by atoms with Crippen LogP contribution >= 0.6 is 0 Å². The fraction of sp³-hybridized carbons (Fsp3) is 0.333. The Labute approximate surface area is 171 Å². The lowest BCUT2D eigenvalue weighted by molar-refractivity contribution is -0.141. The molecular weight excluding hydrogens is 362 g/mol. The third-order valence-corrected chi connectivity index (χ3v) is 5.54. The zero-order valence-electron chi connectivity index (χ0n) is 16.8. The van der Waals surface area contributed by atoms with E-state index >= 15 is 0 Å². The molecule has 5 heteroatoms. The molecule has 1 atom stereocenters. The molecule has 150 valence electrons. The number of fused-ring (bicyclic) bond motifs is 1. The molecule has 4 rings (SSSR count). The molecule has 1 aliphatic heterocycles. The fourth-order valence-electron chi connectivity index (χ4n) is 4.13. The molecule has 0 aliphatic carbocycles. The molecule has 1 saturated heterocycles. The van der Waals surface area contributed by atoms with E-state index in [2.05, 4.69) is 29.1 Å². The number of aryl methyl sites for hydroxylation is 1. The van der Waals surface area contributed by atoms with Crippen molar-refractivity contribution in [1.29, 1.82) is 0 Å². The molecule has 1 N–H and O–H groups in total. The second kappa shape index (κ2) is 8.52. The van der Waals surface area contributed by atoms with Gasteiger partial charge in [0, 0.05) is 42.3 Å². The Morgan fingerprint density at radius 1 is 1.10 bits per heavy atom. The standard InChI is InChI=1S/C24H27N3O2/c1-2-14-26-16-13-19-17-20(11-12-21(19)26)25-24(29)23(18-8-4-3-5-9-18)27-15-7-6-10-22(27)28/h3-5,8-9,11-13,16-17,23H,2,6-7,10,14-15H2,1H3,(H,25,29). The van der Waals surface area contributed by atoms with Crippen molar-refractivity contribution in [2.24, 2.45) is 0 Å². The minimum Gasteiger partial charge on any atom is -0.347 e. The molecule has 0 radical (unpaired) electrons. The summed E-state index contributed by atoms with van der Waals surface area (Å²) in [4.78, 5) is 27.6. The molecule has 1 aromatic heterocycles. The van der Waals surface area contributed by atoms with E-state index in [0.717, 1.165) is 48.0 Å². The van der Waals surface area contributed by atoms with Gasteiger partial charge in [-0.15, -0.1) is 0 Å². The van der Waals surface area contributed by atoms with Gasteiger partial charge in [0.05, 0.1) is 0 Å². The number of hydrogen-bond donors (Lipinski definition) is 1. The highest BCUT2D eigenvalue weighted by Gasteiger charge is 2.32. The van der Waals surface area contributed by atoms with Gasteiger partial charge in [-0.1, -0.05) is 37.3 Å². The van der Waals surface area contributed by atoms with E-state index in [1.54, 1.807) is 4.90 Å². The summed E-state index contributed by atoms with van der Waals surface area (Å²) in [5.74, 6) is -0.119. The number of nitrogens with one attached hydrogen (secondary N) is 1. The van der Waals surface area contributed by atoms with E-state index in [4.69, 9.17) is 0 Å². The molecular formula is C24H27N3O2. The summed E-state index contributed by atoms with van der Waals surface area (Å²) in [6.07, 6.45) is 5.49. The smallest absolute Gasteiger partial charge is 0.251 e. The van der Waals surface area contributed by atoms with Gasteiger partial charge < -0.3 is 14.8 Å². The molecule has 0 spiro atoms. The highest BCUT2D eigenvalue weighted by Crippen LogP contribution is 2.28. The Morgan fingerprint density at radius 2 is 1.93 bits per heavy atom. The third kappa shape index (κ3) is 4.04. The van der Waals surface area contributed by atoms with Crippen molar-refractivity contribution in [2.45, 2.75) is 45.2 Å². The van der Waals surface area contributed by atoms with E-state index in [9.17, 15) is 9.59 Å². The summed E-state index contributed by atoms with van der Waals surface area (Å²) in [6.45, 7) is 3.75. The number of amides is 2. The monoisotopic (exact) mass is 389 g/mol. The number of piperidine rings is 1. The number of aromatic nitrogens is 1. The lowest BCUT2D eigenvalue weighted by Gasteiger charge is -2.34. The van der Waals surface area contributed by atoms with Crippen molar-refractivity contribution in [3.63, 3.8) is 0 Å². The van der Waals surface area contributed by atoms with Crippen LogP contribution in [0.15, 0.2) is 60.8 Å². The van der Waals surface area contributed by atoms with E-state index in [1.807, 2.05) is 48.5 Å². The third-order valence-electron chi connectivity index (χ3n) is 5.54. The van der Waals surface area contributed by atoms with E-state index in [1.165, 1.54) is 0 Å². The Kier molecular flexibility index (Phi) is 5.65. The van der Waals surface area contributed by atoms with Crippen molar-refractivity contribution in [3.8, 4) is 0 Å². The van der Waals surface area contributed by atoms with Crippen molar-refractivity contribution in [1.82, 2.24) is 9.47 Å². The number of hydrogen-bond acceptors (Lipinski definition) is 2. The van der Waals surface area contributed by atoms with Crippen molar-refractivity contribution < 1.29 is 9.59 Å². The van der Waals surface area contributed by atoms with Crippen molar-refractivity contribution in [3.05, 3.63) is 66.4 Å². The Hall–Kier alpha value is -3.08. The van der Waals surface area contributed by atoms with Gasteiger partial charge in [-0.05, 0) is 49.1 Å². The van der Waals surface area contributed by atoms with Crippen LogP contribution in [0.2, 0.25) is 0 Å². The van der Waals surface area contributed by atoms with Gasteiger partial charge >= 0.3 is 0 Å². The second-order valence-corrected chi connectivity index (χ2v) is 7.63. The summed E-state index contributed by atoms with van der Waals surface area (Å²) >= 11 is 0. The topological polar surface area (TPSA) is 54.3 Å². The summed E-state index contributed by atoms with van der Waals surface area (Å²) in [6, 6.07) is 17.0. The minimum absolute atomic E-state index is 0.0485. The van der Waals surface area contributed by atoms with Crippen molar-refractivity contribution >= 4 is 28.4 Å².